The van der Waals surface area contributed by atoms with E-state index in [2.05, 4.69) is 44.0 Å². The lowest BCUT2D eigenvalue weighted by Gasteiger charge is -2.31. The van der Waals surface area contributed by atoms with Crippen LogP contribution in [0, 0.1) is 5.41 Å². The standard InChI is InChI=1S/C38H56N2O3/c1-6-7-8-9-10-11-12-13-14-15-16-19-24-43-36-23-22-33(25-37(36)42-5)29-40(32(3)41)35-21-18-17-20-34(35)27-38(4)26-31(2)28-39-30-38/h17-18,20-23,25-26,28H,6-16,19,24,27,29-30H2,1-5H3. The van der Waals surface area contributed by atoms with Crippen molar-refractivity contribution in [2.45, 2.75) is 118 Å². The molecule has 0 saturated heterocycles. The molecule has 3 rings (SSSR count). The maximum absolute atomic E-state index is 12.9. The number of benzene rings is 2. The average molecular weight is 589 g/mol. The average Bonchev–Trinajstić information content (AvgIpc) is 2.98. The fourth-order valence-corrected chi connectivity index (χ4v) is 6.10. The minimum atomic E-state index is -0.0762. The number of hydrogen-bond acceptors (Lipinski definition) is 4. The van der Waals surface area contributed by atoms with Crippen molar-refractivity contribution in [2.24, 2.45) is 10.4 Å². The third-order valence-electron chi connectivity index (χ3n) is 8.40. The molecule has 1 unspecified atom stereocenters. The fourth-order valence-electron chi connectivity index (χ4n) is 6.10. The van der Waals surface area contributed by atoms with Gasteiger partial charge in [-0.15, -0.1) is 0 Å². The van der Waals surface area contributed by atoms with E-state index in [4.69, 9.17) is 9.47 Å². The van der Waals surface area contributed by atoms with Gasteiger partial charge in [-0.1, -0.05) is 115 Å². The number of aliphatic imine (C=N–C) groups is 1. The summed E-state index contributed by atoms with van der Waals surface area (Å²) in [5, 5.41) is 0. The van der Waals surface area contributed by atoms with E-state index in [0.29, 0.717) is 18.9 Å². The van der Waals surface area contributed by atoms with E-state index in [1.165, 1.54) is 76.2 Å². The van der Waals surface area contributed by atoms with E-state index in [0.717, 1.165) is 42.0 Å². The summed E-state index contributed by atoms with van der Waals surface area (Å²) < 4.78 is 11.8. The summed E-state index contributed by atoms with van der Waals surface area (Å²) in [7, 11) is 1.68. The molecule has 0 N–H and O–H groups in total. The number of dihydropyridines is 1. The largest absolute Gasteiger partial charge is 0.493 e. The van der Waals surface area contributed by atoms with Crippen LogP contribution in [-0.2, 0) is 17.8 Å². The first kappa shape index (κ1) is 34.4. The Labute approximate surface area is 261 Å². The van der Waals surface area contributed by atoms with Gasteiger partial charge in [0.2, 0.25) is 5.91 Å². The Balaban J connectivity index is 1.50. The van der Waals surface area contributed by atoms with Crippen LogP contribution in [0.5, 0.6) is 11.5 Å². The number of amides is 1. The molecule has 1 atom stereocenters. The number of unbranched alkanes of at least 4 members (excludes halogenated alkanes) is 11. The number of nitrogens with zero attached hydrogens (tertiary/aromatic N) is 2. The number of carbonyl (C=O) groups is 1. The van der Waals surface area contributed by atoms with Gasteiger partial charge in [0.15, 0.2) is 11.5 Å². The molecule has 1 amide bonds. The van der Waals surface area contributed by atoms with Gasteiger partial charge in [0.25, 0.3) is 0 Å². The highest BCUT2D eigenvalue weighted by molar-refractivity contribution is 5.92. The lowest BCUT2D eigenvalue weighted by atomic mass is 9.80. The Kier molecular flexibility index (Phi) is 14.8. The van der Waals surface area contributed by atoms with E-state index in [9.17, 15) is 4.79 Å². The topological polar surface area (TPSA) is 51.1 Å². The van der Waals surface area contributed by atoms with Gasteiger partial charge in [-0.05, 0) is 54.7 Å². The summed E-state index contributed by atoms with van der Waals surface area (Å²) in [6.07, 6.45) is 21.0. The van der Waals surface area contributed by atoms with E-state index in [-0.39, 0.29) is 11.3 Å². The predicted molar refractivity (Wildman–Crippen MR) is 182 cm³/mol. The number of para-hydroxylation sites is 1. The van der Waals surface area contributed by atoms with Gasteiger partial charge in [0, 0.05) is 30.8 Å². The van der Waals surface area contributed by atoms with Gasteiger partial charge >= 0.3 is 0 Å². The van der Waals surface area contributed by atoms with Crippen molar-refractivity contribution < 1.29 is 14.3 Å². The third kappa shape index (κ3) is 11.8. The minimum absolute atomic E-state index is 0.0113. The molecular formula is C38H56N2O3. The maximum Gasteiger partial charge on any atom is 0.224 e. The Morgan fingerprint density at radius 1 is 0.907 bits per heavy atom. The highest BCUT2D eigenvalue weighted by atomic mass is 16.5. The Hall–Kier alpha value is -3.08. The number of methoxy groups -OCH3 is 1. The molecule has 5 heteroatoms. The first-order valence-electron chi connectivity index (χ1n) is 16.7. The third-order valence-corrected chi connectivity index (χ3v) is 8.40. The van der Waals surface area contributed by atoms with E-state index in [1.54, 1.807) is 14.0 Å². The van der Waals surface area contributed by atoms with Crippen molar-refractivity contribution in [2.75, 3.05) is 25.2 Å². The highest BCUT2D eigenvalue weighted by Gasteiger charge is 2.27. The van der Waals surface area contributed by atoms with Crippen LogP contribution in [0.1, 0.15) is 116 Å². The lowest BCUT2D eigenvalue weighted by Crippen LogP contribution is -2.30. The van der Waals surface area contributed by atoms with Crippen LogP contribution in [0.4, 0.5) is 5.69 Å². The van der Waals surface area contributed by atoms with Crippen molar-refractivity contribution in [1.82, 2.24) is 0 Å². The summed E-state index contributed by atoms with van der Waals surface area (Å²) in [5.41, 5.74) is 4.21. The van der Waals surface area contributed by atoms with E-state index in [1.807, 2.05) is 41.4 Å². The van der Waals surface area contributed by atoms with Crippen LogP contribution < -0.4 is 14.4 Å². The minimum Gasteiger partial charge on any atom is -0.493 e. The van der Waals surface area contributed by atoms with Crippen molar-refractivity contribution in [3.8, 4) is 11.5 Å². The van der Waals surface area contributed by atoms with Crippen LogP contribution in [0.15, 0.2) is 59.1 Å². The molecule has 1 heterocycles. The smallest absolute Gasteiger partial charge is 0.224 e. The normalized spacial score (nSPS) is 16.2. The molecule has 0 spiro atoms. The summed E-state index contributed by atoms with van der Waals surface area (Å²) in [6.45, 7) is 10.1. The molecule has 2 aromatic rings. The number of rotatable bonds is 20. The molecule has 0 bridgehead atoms. The highest BCUT2D eigenvalue weighted by Crippen LogP contribution is 2.34. The first-order chi connectivity index (χ1) is 20.8. The molecule has 0 aliphatic carbocycles. The number of ether oxygens (including phenoxy) is 2. The Morgan fingerprint density at radius 2 is 1.56 bits per heavy atom. The van der Waals surface area contributed by atoms with Crippen LogP contribution in [0.3, 0.4) is 0 Å². The number of allylic oxidation sites excluding steroid dienone is 1. The van der Waals surface area contributed by atoms with Crippen LogP contribution in [0.2, 0.25) is 0 Å². The van der Waals surface area contributed by atoms with Gasteiger partial charge in [0.05, 0.1) is 20.3 Å². The predicted octanol–water partition coefficient (Wildman–Crippen LogP) is 9.91. The molecule has 1 aliphatic heterocycles. The molecule has 0 aromatic heterocycles. The van der Waals surface area contributed by atoms with Crippen molar-refractivity contribution in [1.29, 1.82) is 0 Å². The van der Waals surface area contributed by atoms with Crippen LogP contribution >= 0.6 is 0 Å². The van der Waals surface area contributed by atoms with Gasteiger partial charge in [0.1, 0.15) is 0 Å². The monoisotopic (exact) mass is 588 g/mol. The van der Waals surface area contributed by atoms with E-state index < -0.39 is 0 Å². The second-order valence-corrected chi connectivity index (χ2v) is 12.6. The lowest BCUT2D eigenvalue weighted by molar-refractivity contribution is -0.116. The van der Waals surface area contributed by atoms with Gasteiger partial charge in [-0.3, -0.25) is 9.79 Å². The summed E-state index contributed by atoms with van der Waals surface area (Å²) >= 11 is 0. The zero-order valence-corrected chi connectivity index (χ0v) is 27.6. The second-order valence-electron chi connectivity index (χ2n) is 12.6. The SMILES string of the molecule is CCCCCCCCCCCCCCOc1ccc(CN(C(C)=O)c2ccccc2CC2(C)C=C(C)C=NC2)cc1OC. The second kappa shape index (κ2) is 18.6. The van der Waals surface area contributed by atoms with Gasteiger partial charge in [-0.2, -0.15) is 0 Å². The van der Waals surface area contributed by atoms with Gasteiger partial charge < -0.3 is 14.4 Å². The zero-order valence-electron chi connectivity index (χ0n) is 27.6. The summed E-state index contributed by atoms with van der Waals surface area (Å²) in [5.74, 6) is 1.48. The van der Waals surface area contributed by atoms with Gasteiger partial charge in [-0.25, -0.2) is 0 Å². The molecule has 0 radical (unpaired) electrons. The first-order valence-corrected chi connectivity index (χ1v) is 16.7. The number of carbonyl (C=O) groups excluding carboxylic acids is 1. The fraction of sp³-hybridized carbons (Fsp3) is 0.579. The van der Waals surface area contributed by atoms with Crippen molar-refractivity contribution >= 4 is 17.8 Å². The molecule has 5 nitrogen and oxygen atoms in total. The van der Waals surface area contributed by atoms with E-state index >= 15 is 0 Å². The van der Waals surface area contributed by atoms with Crippen LogP contribution in [0.25, 0.3) is 0 Å². The Bertz CT molecular complexity index is 1190. The maximum atomic E-state index is 12.9. The molecule has 0 fully saturated rings. The molecule has 1 aliphatic rings. The van der Waals surface area contributed by atoms with Crippen LogP contribution in [-0.4, -0.2) is 32.4 Å². The summed E-state index contributed by atoms with van der Waals surface area (Å²) in [4.78, 5) is 19.4. The Morgan fingerprint density at radius 3 is 2.19 bits per heavy atom. The van der Waals surface area contributed by atoms with Crippen molar-refractivity contribution in [3.05, 3.63) is 65.2 Å². The quantitative estimate of drug-likeness (QED) is 0.145. The molecular weight excluding hydrogens is 532 g/mol. The number of anilines is 1. The zero-order chi connectivity index (χ0) is 30.9. The molecule has 43 heavy (non-hydrogen) atoms. The molecule has 2 aromatic carbocycles. The summed E-state index contributed by atoms with van der Waals surface area (Å²) in [6, 6.07) is 14.3. The molecule has 0 saturated carbocycles. The molecule has 236 valence electrons. The number of hydrogen-bond donors (Lipinski definition) is 0. The van der Waals surface area contributed by atoms with Crippen molar-refractivity contribution in [3.63, 3.8) is 0 Å².